The van der Waals surface area contributed by atoms with Gasteiger partial charge in [-0.15, -0.1) is 0 Å². The molecule has 2 amide bonds. The Labute approximate surface area is 166 Å². The Morgan fingerprint density at radius 2 is 1.59 bits per heavy atom. The van der Waals surface area contributed by atoms with Crippen LogP contribution >= 0.6 is 23.2 Å². The van der Waals surface area contributed by atoms with Crippen molar-refractivity contribution in [3.63, 3.8) is 0 Å². The molecular formula is C20H16Cl2N2O3. The smallest absolute Gasteiger partial charge is 0.321 e. The van der Waals surface area contributed by atoms with E-state index >= 15 is 0 Å². The van der Waals surface area contributed by atoms with Crippen molar-refractivity contribution in [1.82, 2.24) is 5.32 Å². The molecule has 7 heteroatoms. The number of nitrogens with one attached hydrogen (secondary N) is 2. The number of halogens is 2. The lowest BCUT2D eigenvalue weighted by atomic mass is 10.3. The molecule has 0 aliphatic heterocycles. The van der Waals surface area contributed by atoms with Gasteiger partial charge in [0.15, 0.2) is 6.73 Å². The molecule has 138 valence electrons. The molecule has 0 fully saturated rings. The number of ether oxygens (including phenoxy) is 2. The van der Waals surface area contributed by atoms with E-state index in [0.29, 0.717) is 27.2 Å². The molecule has 0 bridgehead atoms. The highest BCUT2D eigenvalue weighted by Gasteiger charge is 2.05. The average molecular weight is 403 g/mol. The molecule has 0 atom stereocenters. The molecule has 0 saturated heterocycles. The second-order valence-electron chi connectivity index (χ2n) is 5.43. The summed E-state index contributed by atoms with van der Waals surface area (Å²) in [5.74, 6) is 1.85. The second-order valence-corrected chi connectivity index (χ2v) is 6.28. The summed E-state index contributed by atoms with van der Waals surface area (Å²) in [5.41, 5.74) is 0.623. The van der Waals surface area contributed by atoms with E-state index in [1.54, 1.807) is 42.5 Å². The summed E-state index contributed by atoms with van der Waals surface area (Å²) < 4.78 is 11.1. The third kappa shape index (κ3) is 5.81. The second kappa shape index (κ2) is 9.16. The number of para-hydroxylation sites is 1. The van der Waals surface area contributed by atoms with E-state index in [0.717, 1.165) is 5.75 Å². The normalized spacial score (nSPS) is 10.1. The number of anilines is 1. The van der Waals surface area contributed by atoms with E-state index in [1.165, 1.54) is 0 Å². The number of carbonyl (C=O) groups excluding carboxylic acids is 1. The van der Waals surface area contributed by atoms with Crippen LogP contribution in [0.4, 0.5) is 10.5 Å². The van der Waals surface area contributed by atoms with Gasteiger partial charge in [-0.25, -0.2) is 4.79 Å². The van der Waals surface area contributed by atoms with Gasteiger partial charge in [0.25, 0.3) is 0 Å². The zero-order valence-corrected chi connectivity index (χ0v) is 15.6. The first kappa shape index (κ1) is 18.9. The summed E-state index contributed by atoms with van der Waals surface area (Å²) in [4.78, 5) is 11.9. The molecule has 0 spiro atoms. The van der Waals surface area contributed by atoms with Gasteiger partial charge in [-0.3, -0.25) is 0 Å². The molecule has 0 saturated carbocycles. The molecule has 2 N–H and O–H groups in total. The van der Waals surface area contributed by atoms with Crippen molar-refractivity contribution < 1.29 is 14.3 Å². The van der Waals surface area contributed by atoms with Crippen LogP contribution in [0, 0.1) is 0 Å². The molecule has 5 nitrogen and oxygen atoms in total. The fourth-order valence-electron chi connectivity index (χ4n) is 2.18. The van der Waals surface area contributed by atoms with Crippen molar-refractivity contribution in [2.24, 2.45) is 0 Å². The van der Waals surface area contributed by atoms with Crippen molar-refractivity contribution in [2.45, 2.75) is 0 Å². The van der Waals surface area contributed by atoms with Crippen molar-refractivity contribution in [3.8, 4) is 17.2 Å². The van der Waals surface area contributed by atoms with Crippen molar-refractivity contribution in [1.29, 1.82) is 0 Å². The highest BCUT2D eigenvalue weighted by atomic mass is 35.5. The number of hydrogen-bond acceptors (Lipinski definition) is 3. The first-order chi connectivity index (χ1) is 13.1. The van der Waals surface area contributed by atoms with Crippen LogP contribution in [0.3, 0.4) is 0 Å². The first-order valence-electron chi connectivity index (χ1n) is 8.06. The summed E-state index contributed by atoms with van der Waals surface area (Å²) in [6.07, 6.45) is 0. The number of urea groups is 1. The minimum Gasteiger partial charge on any atom is -0.472 e. The Hall–Kier alpha value is -2.89. The largest absolute Gasteiger partial charge is 0.472 e. The van der Waals surface area contributed by atoms with Crippen molar-refractivity contribution in [3.05, 3.63) is 82.8 Å². The topological polar surface area (TPSA) is 59.6 Å². The predicted octanol–water partition coefficient (Wildman–Crippen LogP) is 5.94. The van der Waals surface area contributed by atoms with Gasteiger partial charge in [-0.2, -0.15) is 0 Å². The molecule has 3 aromatic carbocycles. The van der Waals surface area contributed by atoms with E-state index in [1.807, 2.05) is 30.3 Å². The fraction of sp³-hybridized carbons (Fsp3) is 0.0500. The Balaban J connectivity index is 1.46. The molecule has 0 unspecified atom stereocenters. The maximum absolute atomic E-state index is 11.9. The maximum atomic E-state index is 11.9. The molecule has 3 aromatic rings. The molecular weight excluding hydrogens is 387 g/mol. The van der Waals surface area contributed by atoms with E-state index in [-0.39, 0.29) is 6.73 Å². The third-order valence-corrected chi connectivity index (χ3v) is 3.98. The highest BCUT2D eigenvalue weighted by Crippen LogP contribution is 2.27. The Kier molecular flexibility index (Phi) is 6.41. The van der Waals surface area contributed by atoms with Gasteiger partial charge in [0.05, 0.1) is 5.02 Å². The van der Waals surface area contributed by atoms with Crippen LogP contribution in [0.5, 0.6) is 17.2 Å². The fourth-order valence-corrected chi connectivity index (χ4v) is 2.64. The van der Waals surface area contributed by atoms with Crippen LogP contribution < -0.4 is 20.1 Å². The SMILES string of the molecule is O=C(NCOc1ccc(Cl)cc1Cl)Nc1ccc(Oc2ccccc2)cc1. The van der Waals surface area contributed by atoms with Gasteiger partial charge in [0.1, 0.15) is 17.2 Å². The Morgan fingerprint density at radius 1 is 0.889 bits per heavy atom. The third-order valence-electron chi connectivity index (χ3n) is 3.45. The van der Waals surface area contributed by atoms with E-state index in [2.05, 4.69) is 10.6 Å². The molecule has 0 heterocycles. The number of amides is 2. The number of benzene rings is 3. The van der Waals surface area contributed by atoms with Crippen molar-refractivity contribution >= 4 is 34.9 Å². The summed E-state index contributed by atoms with van der Waals surface area (Å²) >= 11 is 11.8. The minimum absolute atomic E-state index is 0.0393. The lowest BCUT2D eigenvalue weighted by Crippen LogP contribution is -2.32. The predicted molar refractivity (Wildman–Crippen MR) is 107 cm³/mol. The summed E-state index contributed by atoms with van der Waals surface area (Å²) in [5, 5.41) is 6.17. The molecule has 0 aliphatic carbocycles. The van der Waals surface area contributed by atoms with E-state index in [9.17, 15) is 4.79 Å². The summed E-state index contributed by atoms with van der Waals surface area (Å²) in [7, 11) is 0. The lowest BCUT2D eigenvalue weighted by Gasteiger charge is -2.11. The van der Waals surface area contributed by atoms with Crippen molar-refractivity contribution in [2.75, 3.05) is 12.0 Å². The van der Waals surface area contributed by atoms with Crippen LogP contribution in [-0.4, -0.2) is 12.8 Å². The van der Waals surface area contributed by atoms with Crippen LogP contribution in [0.25, 0.3) is 0 Å². The Morgan fingerprint density at radius 3 is 2.30 bits per heavy atom. The van der Waals surface area contributed by atoms with Crippen LogP contribution in [0.15, 0.2) is 72.8 Å². The number of rotatable bonds is 6. The van der Waals surface area contributed by atoms with Crippen LogP contribution in [0.1, 0.15) is 0 Å². The molecule has 0 aromatic heterocycles. The Bertz CT molecular complexity index is 903. The zero-order chi connectivity index (χ0) is 19.1. The van der Waals surface area contributed by atoms with Gasteiger partial charge < -0.3 is 20.1 Å². The maximum Gasteiger partial charge on any atom is 0.321 e. The first-order valence-corrected chi connectivity index (χ1v) is 8.81. The van der Waals surface area contributed by atoms with Gasteiger partial charge in [-0.1, -0.05) is 41.4 Å². The van der Waals surface area contributed by atoms with Gasteiger partial charge in [0, 0.05) is 10.7 Å². The lowest BCUT2D eigenvalue weighted by molar-refractivity contribution is 0.234. The number of carbonyl (C=O) groups is 1. The molecule has 27 heavy (non-hydrogen) atoms. The molecule has 0 aliphatic rings. The van der Waals surface area contributed by atoms with Gasteiger partial charge >= 0.3 is 6.03 Å². The zero-order valence-electron chi connectivity index (χ0n) is 14.1. The van der Waals surface area contributed by atoms with E-state index < -0.39 is 6.03 Å². The standard InChI is InChI=1S/C20H16Cl2N2O3/c21-14-6-11-19(18(22)12-14)26-13-23-20(25)24-15-7-9-17(10-8-15)27-16-4-2-1-3-5-16/h1-12H,13H2,(H2,23,24,25). The monoisotopic (exact) mass is 402 g/mol. The minimum atomic E-state index is -0.406. The quantitative estimate of drug-likeness (QED) is 0.501. The van der Waals surface area contributed by atoms with Crippen LogP contribution in [-0.2, 0) is 0 Å². The molecule has 0 radical (unpaired) electrons. The average Bonchev–Trinajstić information content (AvgIpc) is 2.66. The highest BCUT2D eigenvalue weighted by molar-refractivity contribution is 6.35. The number of hydrogen-bond donors (Lipinski definition) is 2. The summed E-state index contributed by atoms with van der Waals surface area (Å²) in [6, 6.07) is 20.9. The van der Waals surface area contributed by atoms with Gasteiger partial charge in [0.2, 0.25) is 0 Å². The molecule has 3 rings (SSSR count). The summed E-state index contributed by atoms with van der Waals surface area (Å²) in [6.45, 7) is -0.0393. The van der Waals surface area contributed by atoms with E-state index in [4.69, 9.17) is 32.7 Å². The van der Waals surface area contributed by atoms with Gasteiger partial charge in [-0.05, 0) is 54.6 Å². The van der Waals surface area contributed by atoms with Crippen LogP contribution in [0.2, 0.25) is 10.0 Å².